The van der Waals surface area contributed by atoms with Crippen LogP contribution < -0.4 is 16.0 Å². The first-order chi connectivity index (χ1) is 13.6. The Bertz CT molecular complexity index is 998. The Labute approximate surface area is 188 Å². The fourth-order valence-electron chi connectivity index (χ4n) is 3.07. The van der Waals surface area contributed by atoms with Gasteiger partial charge in [-0.1, -0.05) is 24.3 Å². The second-order valence-corrected chi connectivity index (χ2v) is 6.46. The highest BCUT2D eigenvalue weighted by molar-refractivity contribution is 14.0. The summed E-state index contributed by atoms with van der Waals surface area (Å²) in [4.78, 5) is 20.7. The van der Waals surface area contributed by atoms with Crippen molar-refractivity contribution < 1.29 is 4.79 Å². The molecule has 0 aliphatic carbocycles. The van der Waals surface area contributed by atoms with Gasteiger partial charge in [0.05, 0.1) is 17.6 Å². The van der Waals surface area contributed by atoms with Gasteiger partial charge in [-0.3, -0.25) is 9.79 Å². The molecule has 0 spiro atoms. The Morgan fingerprint density at radius 3 is 2.66 bits per heavy atom. The number of rotatable bonds is 6. The van der Waals surface area contributed by atoms with Crippen molar-refractivity contribution in [2.45, 2.75) is 13.0 Å². The van der Waals surface area contributed by atoms with E-state index in [-0.39, 0.29) is 29.9 Å². The number of nitrogens with zero attached hydrogens (tertiary/aromatic N) is 3. The van der Waals surface area contributed by atoms with Gasteiger partial charge in [0.1, 0.15) is 5.82 Å². The summed E-state index contributed by atoms with van der Waals surface area (Å²) in [6.07, 6.45) is 0.790. The van der Waals surface area contributed by atoms with Gasteiger partial charge in [0, 0.05) is 33.3 Å². The molecule has 8 heteroatoms. The van der Waals surface area contributed by atoms with Crippen molar-refractivity contribution in [2.24, 2.45) is 12.0 Å². The molecule has 7 nitrogen and oxygen atoms in total. The lowest BCUT2D eigenvalue weighted by atomic mass is 10.1. The van der Waals surface area contributed by atoms with Gasteiger partial charge in [0.2, 0.25) is 0 Å². The molecule has 3 rings (SSSR count). The van der Waals surface area contributed by atoms with Crippen molar-refractivity contribution in [1.82, 2.24) is 25.5 Å². The van der Waals surface area contributed by atoms with E-state index >= 15 is 0 Å². The number of hydrogen-bond donors (Lipinski definition) is 3. The lowest BCUT2D eigenvalue weighted by Crippen LogP contribution is -2.38. The van der Waals surface area contributed by atoms with Crippen molar-refractivity contribution in [2.75, 3.05) is 20.6 Å². The number of halogens is 1. The Balaban J connectivity index is 0.00000300. The molecule has 1 aromatic heterocycles. The maximum absolute atomic E-state index is 11.7. The van der Waals surface area contributed by atoms with E-state index < -0.39 is 0 Å². The predicted octanol–water partition coefficient (Wildman–Crippen LogP) is 2.46. The third kappa shape index (κ3) is 5.69. The maximum atomic E-state index is 11.7. The first-order valence-electron chi connectivity index (χ1n) is 9.28. The minimum absolute atomic E-state index is 0. The molecular weight excluding hydrogens is 479 g/mol. The summed E-state index contributed by atoms with van der Waals surface area (Å²) >= 11 is 0. The molecule has 0 aliphatic rings. The average Bonchev–Trinajstić information content (AvgIpc) is 3.06. The molecule has 1 heterocycles. The Kier molecular flexibility index (Phi) is 8.44. The van der Waals surface area contributed by atoms with E-state index in [1.54, 1.807) is 14.1 Å². The third-order valence-electron chi connectivity index (χ3n) is 4.64. The number of aromatic nitrogens is 2. The number of aryl methyl sites for hydroxylation is 1. The Morgan fingerprint density at radius 1 is 1.14 bits per heavy atom. The monoisotopic (exact) mass is 506 g/mol. The van der Waals surface area contributed by atoms with Gasteiger partial charge in [-0.25, -0.2) is 4.98 Å². The molecule has 0 radical (unpaired) electrons. The average molecular weight is 506 g/mol. The van der Waals surface area contributed by atoms with Crippen molar-refractivity contribution >= 4 is 46.9 Å². The molecule has 0 fully saturated rings. The first kappa shape index (κ1) is 22.7. The number of nitrogens with one attached hydrogen (secondary N) is 3. The molecule has 154 valence electrons. The molecule has 0 atom stereocenters. The molecule has 1 amide bonds. The van der Waals surface area contributed by atoms with Crippen LogP contribution in [0.5, 0.6) is 0 Å². The van der Waals surface area contributed by atoms with Gasteiger partial charge in [0.15, 0.2) is 5.96 Å². The molecule has 0 saturated heterocycles. The van der Waals surface area contributed by atoms with Gasteiger partial charge in [-0.2, -0.15) is 0 Å². The van der Waals surface area contributed by atoms with Crippen LogP contribution in [-0.2, 0) is 20.0 Å². The number of aliphatic imine (C=N–C) groups is 1. The fraction of sp³-hybridized carbons (Fsp3) is 0.286. The van der Waals surface area contributed by atoms with Crippen LogP contribution in [0.25, 0.3) is 11.0 Å². The summed E-state index contributed by atoms with van der Waals surface area (Å²) < 4.78 is 2.08. The maximum Gasteiger partial charge on any atom is 0.251 e. The van der Waals surface area contributed by atoms with E-state index in [9.17, 15) is 4.79 Å². The van der Waals surface area contributed by atoms with E-state index in [1.165, 1.54) is 0 Å². The third-order valence-corrected chi connectivity index (χ3v) is 4.64. The van der Waals surface area contributed by atoms with Gasteiger partial charge in [-0.15, -0.1) is 24.0 Å². The van der Waals surface area contributed by atoms with E-state index in [4.69, 9.17) is 0 Å². The highest BCUT2D eigenvalue weighted by atomic mass is 127. The SMILES string of the molecule is CN=C(NCCc1cccc(C(=O)NC)c1)NCc1nc2ccccc2n1C.I. The zero-order chi connectivity index (χ0) is 19.9. The highest BCUT2D eigenvalue weighted by Crippen LogP contribution is 2.13. The van der Waals surface area contributed by atoms with E-state index in [0.717, 1.165) is 34.8 Å². The van der Waals surface area contributed by atoms with Crippen LogP contribution in [0.1, 0.15) is 21.7 Å². The molecule has 3 N–H and O–H groups in total. The summed E-state index contributed by atoms with van der Waals surface area (Å²) in [6, 6.07) is 15.7. The van der Waals surface area contributed by atoms with E-state index in [2.05, 4.69) is 36.6 Å². The number of para-hydroxylation sites is 2. The summed E-state index contributed by atoms with van der Waals surface area (Å²) in [5, 5.41) is 9.26. The molecule has 0 saturated carbocycles. The molecule has 3 aromatic rings. The quantitative estimate of drug-likeness (QED) is 0.273. The number of carbonyl (C=O) groups excluding carboxylic acids is 1. The van der Waals surface area contributed by atoms with Crippen LogP contribution in [0.3, 0.4) is 0 Å². The number of fused-ring (bicyclic) bond motifs is 1. The van der Waals surface area contributed by atoms with Crippen LogP contribution in [0, 0.1) is 0 Å². The second kappa shape index (κ2) is 10.8. The van der Waals surface area contributed by atoms with Crippen molar-refractivity contribution in [3.8, 4) is 0 Å². The first-order valence-corrected chi connectivity index (χ1v) is 9.28. The van der Waals surface area contributed by atoms with Gasteiger partial charge >= 0.3 is 0 Å². The molecule has 29 heavy (non-hydrogen) atoms. The molecule has 0 unspecified atom stereocenters. The lowest BCUT2D eigenvalue weighted by Gasteiger charge is -2.12. The number of amides is 1. The number of carbonyl (C=O) groups is 1. The van der Waals surface area contributed by atoms with Crippen molar-refractivity contribution in [3.63, 3.8) is 0 Å². The van der Waals surface area contributed by atoms with Crippen molar-refractivity contribution in [1.29, 1.82) is 0 Å². The minimum atomic E-state index is -0.0743. The van der Waals surface area contributed by atoms with Crippen molar-refractivity contribution in [3.05, 3.63) is 65.5 Å². The zero-order valence-corrected chi connectivity index (χ0v) is 19.2. The zero-order valence-electron chi connectivity index (χ0n) is 16.9. The van der Waals surface area contributed by atoms with Crippen LogP contribution in [-0.4, -0.2) is 42.1 Å². The number of hydrogen-bond acceptors (Lipinski definition) is 3. The van der Waals surface area contributed by atoms with Crippen LogP contribution in [0.2, 0.25) is 0 Å². The fourth-order valence-corrected chi connectivity index (χ4v) is 3.07. The number of imidazole rings is 1. The molecular formula is C21H27IN6O. The molecule has 2 aromatic carbocycles. The Hall–Kier alpha value is -2.62. The summed E-state index contributed by atoms with van der Waals surface area (Å²) in [6.45, 7) is 1.29. The van der Waals surface area contributed by atoms with Gasteiger partial charge in [0.25, 0.3) is 5.91 Å². The number of benzene rings is 2. The minimum Gasteiger partial charge on any atom is -0.356 e. The smallest absolute Gasteiger partial charge is 0.251 e. The number of guanidine groups is 1. The summed E-state index contributed by atoms with van der Waals surface area (Å²) in [7, 11) is 5.40. The summed E-state index contributed by atoms with van der Waals surface area (Å²) in [5.41, 5.74) is 3.86. The largest absolute Gasteiger partial charge is 0.356 e. The second-order valence-electron chi connectivity index (χ2n) is 6.46. The van der Waals surface area contributed by atoms with E-state index in [0.29, 0.717) is 18.7 Å². The Morgan fingerprint density at radius 2 is 1.93 bits per heavy atom. The van der Waals surface area contributed by atoms with E-state index in [1.807, 2.05) is 49.5 Å². The standard InChI is InChI=1S/C21H26N6O.HI/c1-22-20(28)16-8-6-7-15(13-16)11-12-24-21(23-2)25-14-19-26-17-9-4-5-10-18(17)27(19)3;/h4-10,13H,11-12,14H2,1-3H3,(H,22,28)(H2,23,24,25);1H. The van der Waals surface area contributed by atoms with Crippen LogP contribution in [0.15, 0.2) is 53.5 Å². The lowest BCUT2D eigenvalue weighted by molar-refractivity contribution is 0.0963. The molecule has 0 bridgehead atoms. The van der Waals surface area contributed by atoms with Gasteiger partial charge < -0.3 is 20.5 Å². The molecule has 0 aliphatic heterocycles. The predicted molar refractivity (Wildman–Crippen MR) is 128 cm³/mol. The van der Waals surface area contributed by atoms with Gasteiger partial charge in [-0.05, 0) is 36.2 Å². The highest BCUT2D eigenvalue weighted by Gasteiger charge is 2.08. The normalized spacial score (nSPS) is 11.1. The summed E-state index contributed by atoms with van der Waals surface area (Å²) in [5.74, 6) is 1.59. The van der Waals surface area contributed by atoms with Crippen LogP contribution in [0.4, 0.5) is 0 Å². The van der Waals surface area contributed by atoms with Crippen LogP contribution >= 0.6 is 24.0 Å². The topological polar surface area (TPSA) is 83.3 Å².